The fourth-order valence-corrected chi connectivity index (χ4v) is 3.14. The minimum atomic E-state index is -0.456. The van der Waals surface area contributed by atoms with Crippen molar-refractivity contribution >= 4 is 57.4 Å². The molecule has 2 aromatic rings. The molecule has 0 atom stereocenters. The van der Waals surface area contributed by atoms with Crippen LogP contribution in [0.3, 0.4) is 0 Å². The van der Waals surface area contributed by atoms with Crippen LogP contribution >= 0.6 is 45.2 Å². The average Bonchev–Trinajstić information content (AvgIpc) is 2.50. The van der Waals surface area contributed by atoms with Crippen molar-refractivity contribution in [2.24, 2.45) is 0 Å². The smallest absolute Gasteiger partial charge is 0.344 e. The van der Waals surface area contributed by atoms with Gasteiger partial charge in [-0.15, -0.1) is 0 Å². The van der Waals surface area contributed by atoms with Crippen LogP contribution in [0.2, 0.25) is 0 Å². The van der Waals surface area contributed by atoms with Crippen LogP contribution in [-0.2, 0) is 0 Å². The van der Waals surface area contributed by atoms with Crippen molar-refractivity contribution < 1.29 is 19.1 Å². The summed E-state index contributed by atoms with van der Waals surface area (Å²) in [5.41, 5.74) is 0.961. The largest absolute Gasteiger partial charge is 0.490 e. The maximum Gasteiger partial charge on any atom is 0.344 e. The summed E-state index contributed by atoms with van der Waals surface area (Å²) in [6.07, 6.45) is 0.733. The van der Waals surface area contributed by atoms with Crippen LogP contribution in [-0.4, -0.2) is 18.9 Å². The molecule has 0 aromatic heterocycles. The second kappa shape index (κ2) is 7.91. The molecule has 0 aliphatic rings. The number of benzene rings is 2. The van der Waals surface area contributed by atoms with Gasteiger partial charge in [-0.2, -0.15) is 0 Å². The van der Waals surface area contributed by atoms with Crippen LogP contribution < -0.4 is 9.47 Å². The monoisotopic (exact) mass is 522 g/mol. The summed E-state index contributed by atoms with van der Waals surface area (Å²) in [5.74, 6) is 0.260. The second-order valence-corrected chi connectivity index (χ2v) is 6.57. The highest BCUT2D eigenvalue weighted by Gasteiger charge is 2.18. The van der Waals surface area contributed by atoms with Crippen molar-refractivity contribution in [3.63, 3.8) is 0 Å². The van der Waals surface area contributed by atoms with Gasteiger partial charge in [0.2, 0.25) is 0 Å². The van der Waals surface area contributed by atoms with E-state index in [1.54, 1.807) is 24.3 Å². The van der Waals surface area contributed by atoms with Gasteiger partial charge in [0.15, 0.2) is 11.5 Å². The molecule has 2 rings (SSSR count). The number of esters is 1. The highest BCUT2D eigenvalue weighted by atomic mass is 127. The van der Waals surface area contributed by atoms with Crippen molar-refractivity contribution in [2.75, 3.05) is 6.61 Å². The van der Waals surface area contributed by atoms with Crippen LogP contribution in [0, 0.1) is 7.14 Å². The van der Waals surface area contributed by atoms with Crippen molar-refractivity contribution in [2.45, 2.75) is 6.92 Å². The first-order chi connectivity index (χ1) is 10.6. The molecular formula is C16H12I2O4. The lowest BCUT2D eigenvalue weighted by Crippen LogP contribution is -2.12. The van der Waals surface area contributed by atoms with E-state index in [1.807, 2.05) is 41.6 Å². The van der Waals surface area contributed by atoms with Crippen molar-refractivity contribution in [1.82, 2.24) is 0 Å². The maximum absolute atomic E-state index is 12.3. The highest BCUT2D eigenvalue weighted by molar-refractivity contribution is 14.1. The Balaban J connectivity index is 2.38. The average molecular weight is 522 g/mol. The molecule has 0 spiro atoms. The molecule has 0 bridgehead atoms. The van der Waals surface area contributed by atoms with Crippen LogP contribution in [0.5, 0.6) is 11.5 Å². The van der Waals surface area contributed by atoms with E-state index in [0.29, 0.717) is 32.8 Å². The maximum atomic E-state index is 12.3. The Bertz CT molecular complexity index is 713. The predicted molar refractivity (Wildman–Crippen MR) is 99.8 cm³/mol. The first-order valence-electron chi connectivity index (χ1n) is 6.45. The Hall–Kier alpha value is -1.16. The summed E-state index contributed by atoms with van der Waals surface area (Å²) in [6, 6.07) is 10.4. The molecule has 6 heteroatoms. The summed E-state index contributed by atoms with van der Waals surface area (Å²) in [5, 5.41) is 0. The lowest BCUT2D eigenvalue weighted by atomic mass is 10.2. The summed E-state index contributed by atoms with van der Waals surface area (Å²) in [4.78, 5) is 23.3. The fraction of sp³-hybridized carbons (Fsp3) is 0.125. The van der Waals surface area contributed by atoms with E-state index in [4.69, 9.17) is 9.47 Å². The number of halogens is 2. The standard InChI is InChI=1S/C16H12I2O4/c1-2-21-14-8-10(9-19)7-13(18)15(14)22-16(20)11-5-3-4-6-12(11)17/h3-9H,2H2,1H3. The van der Waals surface area contributed by atoms with Crippen LogP contribution in [0.15, 0.2) is 36.4 Å². The molecule has 2 aromatic carbocycles. The molecule has 4 nitrogen and oxygen atoms in total. The van der Waals surface area contributed by atoms with Crippen molar-refractivity contribution in [3.8, 4) is 11.5 Å². The van der Waals surface area contributed by atoms with E-state index in [0.717, 1.165) is 9.86 Å². The topological polar surface area (TPSA) is 52.6 Å². The Morgan fingerprint density at radius 2 is 1.91 bits per heavy atom. The molecule has 22 heavy (non-hydrogen) atoms. The minimum absolute atomic E-state index is 0.331. The highest BCUT2D eigenvalue weighted by Crippen LogP contribution is 2.34. The number of carbonyl (C=O) groups excluding carboxylic acids is 2. The zero-order valence-corrected chi connectivity index (χ0v) is 16.0. The molecule has 0 aliphatic carbocycles. The van der Waals surface area contributed by atoms with E-state index in [1.165, 1.54) is 0 Å². The third kappa shape index (κ3) is 3.97. The molecule has 0 heterocycles. The molecule has 114 valence electrons. The molecule has 0 amide bonds. The van der Waals surface area contributed by atoms with E-state index in [2.05, 4.69) is 22.6 Å². The number of hydrogen-bond donors (Lipinski definition) is 0. The number of hydrogen-bond acceptors (Lipinski definition) is 4. The number of ether oxygens (including phenoxy) is 2. The number of aldehydes is 1. The van der Waals surface area contributed by atoms with Gasteiger partial charge in [0.1, 0.15) is 6.29 Å². The van der Waals surface area contributed by atoms with Gasteiger partial charge in [0.05, 0.1) is 15.7 Å². The third-order valence-corrected chi connectivity index (χ3v) is 4.50. The van der Waals surface area contributed by atoms with Crippen molar-refractivity contribution in [1.29, 1.82) is 0 Å². The quantitative estimate of drug-likeness (QED) is 0.254. The van der Waals surface area contributed by atoms with E-state index in [9.17, 15) is 9.59 Å². The number of rotatable bonds is 5. The van der Waals surface area contributed by atoms with Gasteiger partial charge in [-0.25, -0.2) is 4.79 Å². The molecular weight excluding hydrogens is 510 g/mol. The molecule has 0 saturated heterocycles. The fourth-order valence-electron chi connectivity index (χ4n) is 1.79. The van der Waals surface area contributed by atoms with Crippen LogP contribution in [0.25, 0.3) is 0 Å². The molecule has 0 saturated carbocycles. The van der Waals surface area contributed by atoms with Gasteiger partial charge < -0.3 is 9.47 Å². The summed E-state index contributed by atoms with van der Waals surface area (Å²) >= 11 is 4.10. The Labute approximate surface area is 155 Å². The first kappa shape index (κ1) is 17.2. The van der Waals surface area contributed by atoms with Crippen LogP contribution in [0.4, 0.5) is 0 Å². The zero-order chi connectivity index (χ0) is 16.1. The molecule has 0 unspecified atom stereocenters. The zero-order valence-electron chi connectivity index (χ0n) is 11.6. The lowest BCUT2D eigenvalue weighted by Gasteiger charge is -2.13. The van der Waals surface area contributed by atoms with Gasteiger partial charge in [0.25, 0.3) is 0 Å². The SMILES string of the molecule is CCOc1cc(C=O)cc(I)c1OC(=O)c1ccccc1I. The van der Waals surface area contributed by atoms with Crippen molar-refractivity contribution in [3.05, 3.63) is 54.7 Å². The molecule has 0 radical (unpaired) electrons. The normalized spacial score (nSPS) is 10.1. The summed E-state index contributed by atoms with van der Waals surface area (Å²) in [7, 11) is 0. The number of carbonyl (C=O) groups is 2. The Morgan fingerprint density at radius 1 is 1.18 bits per heavy atom. The predicted octanol–water partition coefficient (Wildman–Crippen LogP) is 4.33. The molecule has 0 aliphatic heterocycles. The van der Waals surface area contributed by atoms with Gasteiger partial charge >= 0.3 is 5.97 Å². The second-order valence-electron chi connectivity index (χ2n) is 4.25. The lowest BCUT2D eigenvalue weighted by molar-refractivity contribution is 0.0726. The Morgan fingerprint density at radius 3 is 2.55 bits per heavy atom. The van der Waals surface area contributed by atoms with Gasteiger partial charge in [-0.3, -0.25) is 4.79 Å². The van der Waals surface area contributed by atoms with Gasteiger partial charge in [-0.1, -0.05) is 12.1 Å². The summed E-state index contributed by atoms with van der Waals surface area (Å²) < 4.78 is 12.4. The van der Waals surface area contributed by atoms with E-state index in [-0.39, 0.29) is 0 Å². The van der Waals surface area contributed by atoms with Crippen LogP contribution in [0.1, 0.15) is 27.6 Å². The third-order valence-electron chi connectivity index (χ3n) is 2.76. The van der Waals surface area contributed by atoms with E-state index < -0.39 is 5.97 Å². The van der Waals surface area contributed by atoms with Gasteiger partial charge in [0, 0.05) is 9.13 Å². The minimum Gasteiger partial charge on any atom is -0.490 e. The summed E-state index contributed by atoms with van der Waals surface area (Å²) in [6.45, 7) is 2.23. The van der Waals surface area contributed by atoms with E-state index >= 15 is 0 Å². The van der Waals surface area contributed by atoms with Gasteiger partial charge in [-0.05, 0) is 76.4 Å². The Kier molecular flexibility index (Phi) is 6.18. The first-order valence-corrected chi connectivity index (χ1v) is 8.60. The molecule has 0 N–H and O–H groups in total. The molecule has 0 fully saturated rings.